The molecule has 3 rings (SSSR count). The lowest BCUT2D eigenvalue weighted by Gasteiger charge is -2.12. The van der Waals surface area contributed by atoms with Gasteiger partial charge >= 0.3 is 0 Å². The Morgan fingerprint density at radius 3 is 2.48 bits per heavy atom. The number of hydrogen-bond donors (Lipinski definition) is 1. The van der Waals surface area contributed by atoms with Crippen molar-refractivity contribution in [3.8, 4) is 5.75 Å². The van der Waals surface area contributed by atoms with Crippen LogP contribution >= 0.6 is 11.6 Å². The second-order valence-corrected chi connectivity index (χ2v) is 5.09. The average molecular weight is 302 g/mol. The molecular formula is C17H13ClFNO. The fourth-order valence-corrected chi connectivity index (χ4v) is 2.46. The minimum Gasteiger partial charge on any atom is -0.488 e. The van der Waals surface area contributed by atoms with Crippen molar-refractivity contribution in [3.05, 3.63) is 71.0 Å². The summed E-state index contributed by atoms with van der Waals surface area (Å²) in [6.07, 6.45) is 0. The molecule has 0 heterocycles. The molecule has 0 aliphatic rings. The molecule has 106 valence electrons. The summed E-state index contributed by atoms with van der Waals surface area (Å²) >= 11 is 6.00. The molecule has 2 nitrogen and oxygen atoms in total. The second kappa shape index (κ2) is 5.62. The van der Waals surface area contributed by atoms with E-state index in [4.69, 9.17) is 22.1 Å². The standard InChI is InChI=1S/C17H13ClFNO/c18-14-6-3-7-15(19)13(14)10-21-17-9-8-16(20)11-4-1-2-5-12(11)17/h1-9H,10,20H2. The summed E-state index contributed by atoms with van der Waals surface area (Å²) in [5.74, 6) is 0.279. The molecule has 3 aromatic carbocycles. The Morgan fingerprint density at radius 2 is 1.71 bits per heavy atom. The highest BCUT2D eigenvalue weighted by Gasteiger charge is 2.09. The predicted molar refractivity (Wildman–Crippen MR) is 84.1 cm³/mol. The molecule has 0 radical (unpaired) electrons. The Balaban J connectivity index is 1.94. The van der Waals surface area contributed by atoms with Gasteiger partial charge in [0.15, 0.2) is 0 Å². The van der Waals surface area contributed by atoms with Gasteiger partial charge < -0.3 is 10.5 Å². The quantitative estimate of drug-likeness (QED) is 0.706. The van der Waals surface area contributed by atoms with Crippen molar-refractivity contribution >= 4 is 28.1 Å². The van der Waals surface area contributed by atoms with Crippen molar-refractivity contribution < 1.29 is 9.13 Å². The molecule has 0 saturated heterocycles. The molecule has 0 unspecified atom stereocenters. The number of hydrogen-bond acceptors (Lipinski definition) is 2. The minimum atomic E-state index is -0.373. The van der Waals surface area contributed by atoms with E-state index in [2.05, 4.69) is 0 Å². The van der Waals surface area contributed by atoms with Gasteiger partial charge in [0.25, 0.3) is 0 Å². The lowest BCUT2D eigenvalue weighted by Crippen LogP contribution is -2.00. The zero-order chi connectivity index (χ0) is 14.8. The van der Waals surface area contributed by atoms with Crippen LogP contribution in [0.5, 0.6) is 5.75 Å². The lowest BCUT2D eigenvalue weighted by atomic mass is 10.1. The summed E-state index contributed by atoms with van der Waals surface area (Å²) in [5.41, 5.74) is 6.97. The monoisotopic (exact) mass is 301 g/mol. The van der Waals surface area contributed by atoms with Crippen LogP contribution in [0.4, 0.5) is 10.1 Å². The van der Waals surface area contributed by atoms with E-state index in [1.807, 2.05) is 24.3 Å². The summed E-state index contributed by atoms with van der Waals surface area (Å²) in [5, 5.41) is 2.16. The Kier molecular flexibility index (Phi) is 3.67. The van der Waals surface area contributed by atoms with Crippen LogP contribution in [0.1, 0.15) is 5.56 Å². The number of rotatable bonds is 3. The van der Waals surface area contributed by atoms with Crippen molar-refractivity contribution in [1.29, 1.82) is 0 Å². The molecule has 0 aliphatic heterocycles. The van der Waals surface area contributed by atoms with E-state index in [9.17, 15) is 4.39 Å². The van der Waals surface area contributed by atoms with Crippen molar-refractivity contribution in [2.75, 3.05) is 5.73 Å². The van der Waals surface area contributed by atoms with Crippen molar-refractivity contribution in [2.45, 2.75) is 6.61 Å². The molecule has 0 bridgehead atoms. The van der Waals surface area contributed by atoms with Crippen LogP contribution in [0, 0.1) is 5.82 Å². The molecule has 21 heavy (non-hydrogen) atoms. The van der Waals surface area contributed by atoms with E-state index in [0.29, 0.717) is 22.0 Å². The first-order chi connectivity index (χ1) is 10.2. The third-order valence-corrected chi connectivity index (χ3v) is 3.71. The van der Waals surface area contributed by atoms with Crippen molar-refractivity contribution in [1.82, 2.24) is 0 Å². The first-order valence-electron chi connectivity index (χ1n) is 6.50. The van der Waals surface area contributed by atoms with E-state index in [0.717, 1.165) is 10.8 Å². The molecule has 0 amide bonds. The maximum atomic E-state index is 13.7. The summed E-state index contributed by atoms with van der Waals surface area (Å²) < 4.78 is 19.5. The van der Waals surface area contributed by atoms with E-state index in [1.165, 1.54) is 6.07 Å². The van der Waals surface area contributed by atoms with Gasteiger partial charge in [-0.3, -0.25) is 0 Å². The second-order valence-electron chi connectivity index (χ2n) is 4.69. The summed E-state index contributed by atoms with van der Waals surface area (Å²) in [7, 11) is 0. The summed E-state index contributed by atoms with van der Waals surface area (Å²) in [6, 6.07) is 15.8. The van der Waals surface area contributed by atoms with E-state index in [1.54, 1.807) is 24.3 Å². The van der Waals surface area contributed by atoms with Crippen LogP contribution in [0.3, 0.4) is 0 Å². The van der Waals surface area contributed by atoms with Gasteiger partial charge in [-0.1, -0.05) is 41.9 Å². The Hall–Kier alpha value is -2.26. The number of halogens is 2. The topological polar surface area (TPSA) is 35.2 Å². The maximum absolute atomic E-state index is 13.7. The minimum absolute atomic E-state index is 0.0689. The summed E-state index contributed by atoms with van der Waals surface area (Å²) in [4.78, 5) is 0. The van der Waals surface area contributed by atoms with Gasteiger partial charge in [-0.05, 0) is 24.3 Å². The number of ether oxygens (including phenoxy) is 1. The molecule has 0 spiro atoms. The van der Waals surface area contributed by atoms with Crippen LogP contribution in [0.15, 0.2) is 54.6 Å². The fourth-order valence-electron chi connectivity index (χ4n) is 2.24. The average Bonchev–Trinajstić information content (AvgIpc) is 2.49. The van der Waals surface area contributed by atoms with E-state index < -0.39 is 0 Å². The van der Waals surface area contributed by atoms with Gasteiger partial charge in [-0.25, -0.2) is 4.39 Å². The molecule has 3 aromatic rings. The molecule has 2 N–H and O–H groups in total. The SMILES string of the molecule is Nc1ccc(OCc2c(F)cccc2Cl)c2ccccc12. The fraction of sp³-hybridized carbons (Fsp3) is 0.0588. The third-order valence-electron chi connectivity index (χ3n) is 3.35. The Bertz CT molecular complexity index is 784. The molecule has 0 aromatic heterocycles. The lowest BCUT2D eigenvalue weighted by molar-refractivity contribution is 0.303. The van der Waals surface area contributed by atoms with Crippen LogP contribution in [0.2, 0.25) is 5.02 Å². The number of fused-ring (bicyclic) bond motifs is 1. The van der Waals surface area contributed by atoms with Gasteiger partial charge in [0, 0.05) is 22.0 Å². The molecule has 0 fully saturated rings. The predicted octanol–water partition coefficient (Wildman–Crippen LogP) is 4.79. The highest BCUT2D eigenvalue weighted by atomic mass is 35.5. The molecular weight excluding hydrogens is 289 g/mol. The summed E-state index contributed by atoms with van der Waals surface area (Å²) in [6.45, 7) is 0.0689. The number of nitrogens with two attached hydrogens (primary N) is 1. The zero-order valence-corrected chi connectivity index (χ0v) is 11.9. The van der Waals surface area contributed by atoms with Gasteiger partial charge in [0.1, 0.15) is 18.2 Å². The highest BCUT2D eigenvalue weighted by Crippen LogP contribution is 2.31. The molecule has 0 aliphatic carbocycles. The van der Waals surface area contributed by atoms with Crippen molar-refractivity contribution in [3.63, 3.8) is 0 Å². The highest BCUT2D eigenvalue weighted by molar-refractivity contribution is 6.31. The van der Waals surface area contributed by atoms with Gasteiger partial charge in [0.2, 0.25) is 0 Å². The van der Waals surface area contributed by atoms with Gasteiger partial charge in [-0.2, -0.15) is 0 Å². The third kappa shape index (κ3) is 2.65. The normalized spacial score (nSPS) is 10.8. The van der Waals surface area contributed by atoms with Crippen molar-refractivity contribution in [2.24, 2.45) is 0 Å². The molecule has 4 heteroatoms. The van der Waals surface area contributed by atoms with Crippen LogP contribution < -0.4 is 10.5 Å². The van der Waals surface area contributed by atoms with Crippen LogP contribution in [-0.2, 0) is 6.61 Å². The van der Waals surface area contributed by atoms with Gasteiger partial charge in [0.05, 0.1) is 5.02 Å². The Labute approximate surface area is 126 Å². The first-order valence-corrected chi connectivity index (χ1v) is 6.87. The van der Waals surface area contributed by atoms with E-state index >= 15 is 0 Å². The number of anilines is 1. The number of nitrogen functional groups attached to an aromatic ring is 1. The van der Waals surface area contributed by atoms with Crippen LogP contribution in [-0.4, -0.2) is 0 Å². The zero-order valence-electron chi connectivity index (χ0n) is 11.1. The first kappa shape index (κ1) is 13.7. The van der Waals surface area contributed by atoms with E-state index in [-0.39, 0.29) is 12.4 Å². The maximum Gasteiger partial charge on any atom is 0.131 e. The largest absolute Gasteiger partial charge is 0.488 e. The smallest absolute Gasteiger partial charge is 0.131 e. The van der Waals surface area contributed by atoms with Gasteiger partial charge in [-0.15, -0.1) is 0 Å². The van der Waals surface area contributed by atoms with Crippen LogP contribution in [0.25, 0.3) is 10.8 Å². The molecule has 0 saturated carbocycles. The Morgan fingerprint density at radius 1 is 0.952 bits per heavy atom. The number of benzene rings is 3. The molecule has 0 atom stereocenters.